The third-order valence-corrected chi connectivity index (χ3v) is 3.07. The van der Waals surface area contributed by atoms with E-state index in [1.54, 1.807) is 0 Å². The van der Waals surface area contributed by atoms with Crippen LogP contribution in [0.4, 0.5) is 0 Å². The number of nitrogens with one attached hydrogen (secondary N) is 1. The summed E-state index contributed by atoms with van der Waals surface area (Å²) < 4.78 is 0. The summed E-state index contributed by atoms with van der Waals surface area (Å²) in [5, 5.41) is 2.81. The molecule has 0 atom stereocenters. The Labute approximate surface area is 93.6 Å². The van der Waals surface area contributed by atoms with Gasteiger partial charge < -0.3 is 5.32 Å². The van der Waals surface area contributed by atoms with E-state index in [0.29, 0.717) is 6.42 Å². The van der Waals surface area contributed by atoms with Crippen molar-refractivity contribution in [2.75, 3.05) is 0 Å². The van der Waals surface area contributed by atoms with Crippen LogP contribution in [0.3, 0.4) is 0 Å². The first-order chi connectivity index (χ1) is 6.15. The monoisotopic (exact) mass is 215 g/mol. The molecule has 0 rings (SSSR count). The number of ketones is 1. The van der Waals surface area contributed by atoms with Crippen LogP contribution in [-0.4, -0.2) is 17.2 Å². The lowest BCUT2D eigenvalue weighted by Gasteiger charge is -2.40. The molecule has 0 fully saturated rings. The molecule has 1 N–H and O–H groups in total. The fourth-order valence-electron chi connectivity index (χ4n) is 1.39. The van der Waals surface area contributed by atoms with Crippen molar-refractivity contribution in [1.29, 1.82) is 0 Å². The first-order valence-electron chi connectivity index (χ1n) is 4.97. The third kappa shape index (κ3) is 3.65. The first kappa shape index (κ1) is 16.6. The summed E-state index contributed by atoms with van der Waals surface area (Å²) in [4.78, 5) is 22.7. The summed E-state index contributed by atoms with van der Waals surface area (Å²) in [6.45, 7) is 10.8. The number of rotatable bonds is 4. The summed E-state index contributed by atoms with van der Waals surface area (Å²) in [6.07, 6.45) is 0.496. The van der Waals surface area contributed by atoms with Crippen LogP contribution in [0.2, 0.25) is 0 Å². The van der Waals surface area contributed by atoms with Crippen molar-refractivity contribution >= 4 is 11.7 Å². The molecule has 0 bridgehead atoms. The van der Waals surface area contributed by atoms with Crippen molar-refractivity contribution in [2.24, 2.45) is 5.41 Å². The molecule has 0 aliphatic heterocycles. The zero-order valence-corrected chi connectivity index (χ0v) is 10.0. The molecular formula is C12H25NO2. The van der Waals surface area contributed by atoms with Gasteiger partial charge in [-0.2, -0.15) is 0 Å². The van der Waals surface area contributed by atoms with Crippen LogP contribution in [0.5, 0.6) is 0 Å². The topological polar surface area (TPSA) is 46.2 Å². The van der Waals surface area contributed by atoms with Gasteiger partial charge in [0.25, 0.3) is 0 Å². The van der Waals surface area contributed by atoms with Gasteiger partial charge in [-0.1, -0.05) is 28.2 Å². The average molecular weight is 215 g/mol. The smallest absolute Gasteiger partial charge is 0.217 e. The van der Waals surface area contributed by atoms with Crippen molar-refractivity contribution in [1.82, 2.24) is 5.32 Å². The van der Waals surface area contributed by atoms with Gasteiger partial charge in [-0.15, -0.1) is 0 Å². The molecule has 0 radical (unpaired) electrons. The maximum absolute atomic E-state index is 11.7. The summed E-state index contributed by atoms with van der Waals surface area (Å²) in [6, 6.07) is 0. The fraction of sp³-hybridized carbons (Fsp3) is 0.833. The van der Waals surface area contributed by atoms with Crippen molar-refractivity contribution in [2.45, 2.75) is 60.9 Å². The van der Waals surface area contributed by atoms with Gasteiger partial charge >= 0.3 is 0 Å². The van der Waals surface area contributed by atoms with Gasteiger partial charge in [0.1, 0.15) is 5.78 Å². The molecule has 0 aromatic heterocycles. The van der Waals surface area contributed by atoms with Crippen LogP contribution in [0, 0.1) is 5.41 Å². The summed E-state index contributed by atoms with van der Waals surface area (Å²) >= 11 is 0. The van der Waals surface area contributed by atoms with Crippen molar-refractivity contribution < 1.29 is 9.59 Å². The number of Topliss-reactive ketones (excluding diaryl/α,β-unsaturated/α-hetero) is 1. The maximum atomic E-state index is 11.7. The number of carbonyl (C=O) groups excluding carboxylic acids is 2. The van der Waals surface area contributed by atoms with Gasteiger partial charge in [-0.3, -0.25) is 9.59 Å². The molecular weight excluding hydrogens is 190 g/mol. The van der Waals surface area contributed by atoms with E-state index in [1.807, 2.05) is 34.6 Å². The van der Waals surface area contributed by atoms with Gasteiger partial charge in [-0.05, 0) is 13.8 Å². The zero-order valence-electron chi connectivity index (χ0n) is 10.0. The van der Waals surface area contributed by atoms with E-state index in [-0.39, 0.29) is 19.1 Å². The van der Waals surface area contributed by atoms with Crippen LogP contribution in [0.15, 0.2) is 0 Å². The maximum Gasteiger partial charge on any atom is 0.217 e. The van der Waals surface area contributed by atoms with Crippen LogP contribution in [0.1, 0.15) is 55.4 Å². The van der Waals surface area contributed by atoms with E-state index in [9.17, 15) is 9.59 Å². The van der Waals surface area contributed by atoms with Crippen LogP contribution >= 0.6 is 0 Å². The van der Waals surface area contributed by atoms with Gasteiger partial charge in [0.15, 0.2) is 0 Å². The highest BCUT2D eigenvalue weighted by atomic mass is 16.1. The molecule has 3 heteroatoms. The Bertz CT molecular complexity index is 242. The predicted octanol–water partition coefficient (Wildman–Crippen LogP) is 2.54. The van der Waals surface area contributed by atoms with E-state index in [1.165, 1.54) is 6.92 Å². The Morgan fingerprint density at radius 1 is 1.13 bits per heavy atom. The molecule has 0 unspecified atom stereocenters. The molecule has 0 aliphatic carbocycles. The van der Waals surface area contributed by atoms with E-state index >= 15 is 0 Å². The Morgan fingerprint density at radius 2 is 1.53 bits per heavy atom. The molecule has 0 saturated heterocycles. The largest absolute Gasteiger partial charge is 0.350 e. The van der Waals surface area contributed by atoms with Gasteiger partial charge in [0.05, 0.1) is 0 Å². The van der Waals surface area contributed by atoms with Crippen LogP contribution < -0.4 is 5.32 Å². The number of amides is 1. The second-order valence-electron chi connectivity index (χ2n) is 4.71. The van der Waals surface area contributed by atoms with Crippen LogP contribution in [-0.2, 0) is 9.59 Å². The highest BCUT2D eigenvalue weighted by molar-refractivity contribution is 5.86. The number of hydrogen-bond acceptors (Lipinski definition) is 2. The molecule has 1 amide bonds. The quantitative estimate of drug-likeness (QED) is 0.783. The van der Waals surface area contributed by atoms with E-state index in [4.69, 9.17) is 0 Å². The normalized spacial score (nSPS) is 11.6. The van der Waals surface area contributed by atoms with Gasteiger partial charge in [0, 0.05) is 24.3 Å². The van der Waals surface area contributed by atoms with Gasteiger partial charge in [0.2, 0.25) is 5.91 Å². The van der Waals surface area contributed by atoms with E-state index in [0.717, 1.165) is 0 Å². The minimum Gasteiger partial charge on any atom is -0.350 e. The highest BCUT2D eigenvalue weighted by Gasteiger charge is 2.42. The Hall–Kier alpha value is -0.860. The number of carbonyl (C=O) groups is 2. The van der Waals surface area contributed by atoms with Crippen molar-refractivity contribution in [3.63, 3.8) is 0 Å². The second-order valence-corrected chi connectivity index (χ2v) is 4.71. The molecule has 0 aromatic carbocycles. The third-order valence-electron chi connectivity index (χ3n) is 3.07. The highest BCUT2D eigenvalue weighted by Crippen LogP contribution is 2.32. The Balaban J connectivity index is 0. The van der Waals surface area contributed by atoms with Crippen LogP contribution in [0.25, 0.3) is 0 Å². The summed E-state index contributed by atoms with van der Waals surface area (Å²) in [5.41, 5.74) is -1.04. The minimum atomic E-state index is -0.534. The lowest BCUT2D eigenvalue weighted by atomic mass is 9.70. The Morgan fingerprint density at radius 3 is 1.80 bits per heavy atom. The molecule has 0 spiro atoms. The van der Waals surface area contributed by atoms with E-state index < -0.39 is 11.0 Å². The second kappa shape index (κ2) is 5.29. The summed E-state index contributed by atoms with van der Waals surface area (Å²) in [5.74, 6) is 0.0585. The predicted molar refractivity (Wildman–Crippen MR) is 63.7 cm³/mol. The number of hydrogen-bond donors (Lipinski definition) is 1. The molecule has 0 aromatic rings. The minimum absolute atomic E-state index is 0. The molecule has 3 nitrogen and oxygen atoms in total. The zero-order chi connectivity index (χ0) is 11.6. The SMILES string of the molecule is C.CCC(=O)C(C)(C)C(C)(C)NC(C)=O. The van der Waals surface area contributed by atoms with Crippen molar-refractivity contribution in [3.05, 3.63) is 0 Å². The molecule has 15 heavy (non-hydrogen) atoms. The molecule has 0 heterocycles. The lowest BCUT2D eigenvalue weighted by molar-refractivity contribution is -0.132. The van der Waals surface area contributed by atoms with Crippen molar-refractivity contribution in [3.8, 4) is 0 Å². The lowest BCUT2D eigenvalue weighted by Crippen LogP contribution is -2.56. The summed E-state index contributed by atoms with van der Waals surface area (Å²) in [7, 11) is 0. The average Bonchev–Trinajstić information content (AvgIpc) is 2.00. The molecule has 0 aliphatic rings. The molecule has 0 saturated carbocycles. The van der Waals surface area contributed by atoms with Gasteiger partial charge in [-0.25, -0.2) is 0 Å². The fourth-order valence-corrected chi connectivity index (χ4v) is 1.39. The standard InChI is InChI=1S/C11H21NO2.CH4/c1-7-9(14)10(3,4)11(5,6)12-8(2)13;/h7H2,1-6H3,(H,12,13);1H4. The van der Waals surface area contributed by atoms with E-state index in [2.05, 4.69) is 5.32 Å². The first-order valence-corrected chi connectivity index (χ1v) is 4.97. The molecule has 90 valence electrons. The Kier molecular flexibility index (Phi) is 5.84.